The van der Waals surface area contributed by atoms with E-state index in [1.54, 1.807) is 24.1 Å². The summed E-state index contributed by atoms with van der Waals surface area (Å²) < 4.78 is 6.89. The van der Waals surface area contributed by atoms with Gasteiger partial charge in [0.2, 0.25) is 0 Å². The van der Waals surface area contributed by atoms with Gasteiger partial charge in [-0.05, 0) is 35.8 Å². The molecule has 0 saturated carbocycles. The highest BCUT2D eigenvalue weighted by Gasteiger charge is 2.16. The summed E-state index contributed by atoms with van der Waals surface area (Å²) in [5.41, 5.74) is 4.60. The van der Waals surface area contributed by atoms with Crippen molar-refractivity contribution in [1.82, 2.24) is 15.0 Å². The quantitative estimate of drug-likeness (QED) is 0.317. The minimum Gasteiger partial charge on any atom is -0.501 e. The van der Waals surface area contributed by atoms with Crippen LogP contribution in [0.15, 0.2) is 97.2 Å². The zero-order chi connectivity index (χ0) is 22.4. The molecule has 31 heavy (non-hydrogen) atoms. The van der Waals surface area contributed by atoms with Crippen molar-refractivity contribution in [2.45, 2.75) is 6.42 Å². The number of nitrogens with two attached hydrogens (primary N) is 1. The molecule has 0 spiro atoms. The van der Waals surface area contributed by atoms with Crippen LogP contribution in [-0.4, -0.2) is 23.8 Å². The summed E-state index contributed by atoms with van der Waals surface area (Å²) in [6, 6.07) is 7.91. The first-order chi connectivity index (χ1) is 15.0. The lowest BCUT2D eigenvalue weighted by molar-refractivity contribution is 0.258. The molecule has 0 fully saturated rings. The lowest BCUT2D eigenvalue weighted by Gasteiger charge is -2.18. The molecule has 0 saturated heterocycles. The largest absolute Gasteiger partial charge is 0.501 e. The third-order valence-corrected chi connectivity index (χ3v) is 5.16. The number of nitrogens with one attached hydrogen (secondary N) is 2. The zero-order valence-corrected chi connectivity index (χ0v) is 18.1. The number of rotatable bonds is 9. The summed E-state index contributed by atoms with van der Waals surface area (Å²) in [5, 5.41) is 6.17. The van der Waals surface area contributed by atoms with Crippen LogP contribution in [0.3, 0.4) is 0 Å². The smallest absolute Gasteiger partial charge is 0.151 e. The van der Waals surface area contributed by atoms with Gasteiger partial charge in [-0.15, -0.1) is 0 Å². The van der Waals surface area contributed by atoms with E-state index in [4.69, 9.17) is 10.6 Å². The molecule has 0 amide bonds. The number of methoxy groups -OCH3 is 1. The molecule has 160 valence electrons. The lowest BCUT2D eigenvalue weighted by atomic mass is 9.91. The molecule has 1 atom stereocenters. The van der Waals surface area contributed by atoms with Gasteiger partial charge in [0.05, 0.1) is 30.6 Å². The van der Waals surface area contributed by atoms with E-state index in [0.29, 0.717) is 11.6 Å². The molecule has 1 aromatic heterocycles. The number of nitrogens with zero attached hydrogens (tertiary/aromatic N) is 2. The number of anilines is 1. The summed E-state index contributed by atoms with van der Waals surface area (Å²) in [4.78, 5) is 4.52. The molecule has 0 bridgehead atoms. The third-order valence-electron chi connectivity index (χ3n) is 5.16. The molecule has 4 N–H and O–H groups in total. The van der Waals surface area contributed by atoms with Gasteiger partial charge in [0.25, 0.3) is 0 Å². The van der Waals surface area contributed by atoms with Crippen molar-refractivity contribution < 1.29 is 4.74 Å². The molecule has 0 radical (unpaired) electrons. The first-order valence-corrected chi connectivity index (χ1v) is 9.99. The number of ether oxygens (including phenoxy) is 1. The van der Waals surface area contributed by atoms with Gasteiger partial charge >= 0.3 is 0 Å². The maximum Gasteiger partial charge on any atom is 0.151 e. The van der Waals surface area contributed by atoms with Gasteiger partial charge in [-0.2, -0.15) is 0 Å². The van der Waals surface area contributed by atoms with Crippen LogP contribution in [0.2, 0.25) is 0 Å². The monoisotopic (exact) mass is 415 g/mol. The Morgan fingerprint density at radius 3 is 2.87 bits per heavy atom. The highest BCUT2D eigenvalue weighted by molar-refractivity contribution is 5.69. The number of hydrogen-bond donors (Lipinski definition) is 3. The van der Waals surface area contributed by atoms with Crippen molar-refractivity contribution in [2.24, 2.45) is 5.92 Å². The van der Waals surface area contributed by atoms with E-state index < -0.39 is 0 Å². The number of benzene rings is 1. The van der Waals surface area contributed by atoms with Crippen molar-refractivity contribution in [3.63, 3.8) is 0 Å². The summed E-state index contributed by atoms with van der Waals surface area (Å²) in [6.45, 7) is 11.8. The SMILES string of the molecule is C=C/C(=C\c1ncc(-c2cccc(NC(=C)NC)c2)n1N)C1=CC(C(=C)OC)CC=C1. The molecule has 0 aliphatic heterocycles. The Labute approximate surface area is 183 Å². The number of imidazole rings is 1. The minimum absolute atomic E-state index is 0.129. The van der Waals surface area contributed by atoms with Gasteiger partial charge in [0, 0.05) is 24.2 Å². The normalized spacial score (nSPS) is 15.7. The second kappa shape index (κ2) is 9.71. The van der Waals surface area contributed by atoms with E-state index in [9.17, 15) is 0 Å². The van der Waals surface area contributed by atoms with Crippen LogP contribution in [0.1, 0.15) is 12.2 Å². The van der Waals surface area contributed by atoms with Crippen LogP contribution in [0.4, 0.5) is 5.69 Å². The van der Waals surface area contributed by atoms with E-state index in [2.05, 4.69) is 53.6 Å². The van der Waals surface area contributed by atoms with Gasteiger partial charge in [-0.1, -0.05) is 56.2 Å². The molecule has 6 nitrogen and oxygen atoms in total. The topological polar surface area (TPSA) is 77.1 Å². The molecule has 2 aromatic rings. The van der Waals surface area contributed by atoms with E-state index in [0.717, 1.165) is 40.3 Å². The summed E-state index contributed by atoms with van der Waals surface area (Å²) >= 11 is 0. The van der Waals surface area contributed by atoms with Crippen LogP contribution in [0.25, 0.3) is 17.3 Å². The van der Waals surface area contributed by atoms with Crippen LogP contribution in [0, 0.1) is 5.92 Å². The Balaban J connectivity index is 1.91. The van der Waals surface area contributed by atoms with Crippen molar-refractivity contribution >= 4 is 11.8 Å². The molecule has 3 rings (SSSR count). The molecule has 1 aromatic carbocycles. The fourth-order valence-electron chi connectivity index (χ4n) is 3.34. The number of nitrogen functional groups attached to an aromatic ring is 1. The third kappa shape index (κ3) is 4.98. The molecular formula is C25H29N5O. The van der Waals surface area contributed by atoms with Crippen molar-refractivity contribution in [2.75, 3.05) is 25.3 Å². The Morgan fingerprint density at radius 2 is 2.16 bits per heavy atom. The maximum atomic E-state index is 6.40. The first-order valence-electron chi connectivity index (χ1n) is 9.99. The molecular weight excluding hydrogens is 386 g/mol. The van der Waals surface area contributed by atoms with Crippen molar-refractivity contribution in [3.8, 4) is 11.3 Å². The van der Waals surface area contributed by atoms with Crippen LogP contribution < -0.4 is 16.5 Å². The number of allylic oxidation sites excluding steroid dienone is 6. The van der Waals surface area contributed by atoms with Crippen LogP contribution in [0.5, 0.6) is 0 Å². The fraction of sp³-hybridized carbons (Fsp3) is 0.160. The minimum atomic E-state index is 0.129. The number of hydrogen-bond acceptors (Lipinski definition) is 5. The standard InChI is InChI=1S/C25H29N5O/c1-6-19(21-10-7-9-20(13-21)17(2)31-5)15-25-28-16-24(30(25)26)22-11-8-12-23(14-22)29-18(3)27-4/h6-8,10-16,20,27,29H,1-3,9,26H2,4-5H3/b19-15+. The first kappa shape index (κ1) is 21.8. The Bertz CT molecular complexity index is 1090. The molecule has 1 heterocycles. The average molecular weight is 416 g/mol. The van der Waals surface area contributed by atoms with Gasteiger partial charge in [-0.25, -0.2) is 9.66 Å². The molecule has 1 aliphatic rings. The van der Waals surface area contributed by atoms with Crippen molar-refractivity contribution in [1.29, 1.82) is 0 Å². The molecule has 1 unspecified atom stereocenters. The zero-order valence-electron chi connectivity index (χ0n) is 18.1. The summed E-state index contributed by atoms with van der Waals surface area (Å²) in [5.74, 6) is 8.60. The summed E-state index contributed by atoms with van der Waals surface area (Å²) in [6.07, 6.45) is 12.7. The fourth-order valence-corrected chi connectivity index (χ4v) is 3.34. The maximum absolute atomic E-state index is 6.40. The second-order valence-corrected chi connectivity index (χ2v) is 7.15. The van der Waals surface area contributed by atoms with Gasteiger partial charge in [0.1, 0.15) is 0 Å². The van der Waals surface area contributed by atoms with Gasteiger partial charge in [-0.3, -0.25) is 0 Å². The molecule has 1 aliphatic carbocycles. The predicted octanol–water partition coefficient (Wildman–Crippen LogP) is 4.60. The average Bonchev–Trinajstić information content (AvgIpc) is 3.16. The van der Waals surface area contributed by atoms with Crippen LogP contribution in [-0.2, 0) is 4.74 Å². The molecule has 6 heteroatoms. The highest BCUT2D eigenvalue weighted by atomic mass is 16.5. The Kier molecular flexibility index (Phi) is 6.82. The Hall–Kier alpha value is -3.93. The van der Waals surface area contributed by atoms with Crippen LogP contribution >= 0.6 is 0 Å². The number of aromatic nitrogens is 2. The summed E-state index contributed by atoms with van der Waals surface area (Å²) in [7, 11) is 3.46. The van der Waals surface area contributed by atoms with E-state index >= 15 is 0 Å². The van der Waals surface area contributed by atoms with E-state index in [-0.39, 0.29) is 5.92 Å². The van der Waals surface area contributed by atoms with E-state index in [1.165, 1.54) is 0 Å². The second-order valence-electron chi connectivity index (χ2n) is 7.15. The highest BCUT2D eigenvalue weighted by Crippen LogP contribution is 2.29. The predicted molar refractivity (Wildman–Crippen MR) is 129 cm³/mol. The van der Waals surface area contributed by atoms with Gasteiger partial charge in [0.15, 0.2) is 5.82 Å². The van der Waals surface area contributed by atoms with Gasteiger partial charge < -0.3 is 21.2 Å². The van der Waals surface area contributed by atoms with E-state index in [1.807, 2.05) is 37.4 Å². The lowest BCUT2D eigenvalue weighted by Crippen LogP contribution is -2.13. The van der Waals surface area contributed by atoms with Crippen molar-refractivity contribution in [3.05, 3.63) is 103 Å². The Morgan fingerprint density at radius 1 is 1.35 bits per heavy atom.